The van der Waals surface area contributed by atoms with Gasteiger partial charge < -0.3 is 0 Å². The lowest BCUT2D eigenvalue weighted by Gasteiger charge is -2.34. The summed E-state index contributed by atoms with van der Waals surface area (Å²) in [5, 5.41) is 8.26. The molecule has 0 unspecified atom stereocenters. The first-order valence-electron chi connectivity index (χ1n) is 11.4. The summed E-state index contributed by atoms with van der Waals surface area (Å²) in [4.78, 5) is 0. The average Bonchev–Trinajstić information content (AvgIpc) is 3.27. The Hall–Kier alpha value is -3.60. The van der Waals surface area contributed by atoms with Crippen LogP contribution in [0, 0.1) is 0 Å². The number of rotatable bonds is 3. The van der Waals surface area contributed by atoms with Gasteiger partial charge >= 0.3 is 0 Å². The fourth-order valence-electron chi connectivity index (χ4n) is 5.34. The van der Waals surface area contributed by atoms with Gasteiger partial charge in [-0.05, 0) is 68.2 Å². The first kappa shape index (κ1) is 20.0. The van der Waals surface area contributed by atoms with Crippen LogP contribution in [0.2, 0.25) is 0 Å². The van der Waals surface area contributed by atoms with Crippen molar-refractivity contribution in [3.05, 3.63) is 149 Å². The van der Waals surface area contributed by atoms with E-state index in [9.17, 15) is 0 Å². The highest BCUT2D eigenvalue weighted by Crippen LogP contribution is 2.49. The first-order valence-corrected chi connectivity index (χ1v) is 13.2. The van der Waals surface area contributed by atoms with Gasteiger partial charge in [0.1, 0.15) is 0 Å². The second kappa shape index (κ2) is 8.07. The topological polar surface area (TPSA) is 0 Å². The summed E-state index contributed by atoms with van der Waals surface area (Å²) >= 11 is 0. The SMILES string of the molecule is CC1=C2C=c3ccccc3=C2C=CC1=P(c1ccccc1)(c1ccccc1)c1ccccc1. The predicted octanol–water partition coefficient (Wildman–Crippen LogP) is 4.68. The van der Waals surface area contributed by atoms with E-state index in [1.54, 1.807) is 0 Å². The van der Waals surface area contributed by atoms with Crippen molar-refractivity contribution in [2.24, 2.45) is 0 Å². The Balaban J connectivity index is 1.82. The van der Waals surface area contributed by atoms with Crippen LogP contribution in [0.3, 0.4) is 0 Å². The van der Waals surface area contributed by atoms with Crippen molar-refractivity contribution in [3.63, 3.8) is 0 Å². The zero-order valence-electron chi connectivity index (χ0n) is 18.6. The molecule has 0 aliphatic heterocycles. The average molecular weight is 441 g/mol. The normalized spacial score (nSPS) is 14.7. The fraction of sp³-hybridized carbons (Fsp3) is 0.0312. The summed E-state index contributed by atoms with van der Waals surface area (Å²) in [5.74, 6) is 0. The monoisotopic (exact) mass is 440 g/mol. The fourth-order valence-corrected chi connectivity index (χ4v) is 9.85. The maximum absolute atomic E-state index is 2.41. The molecule has 0 atom stereocenters. The zero-order chi connectivity index (χ0) is 22.3. The summed E-state index contributed by atoms with van der Waals surface area (Å²) in [5.41, 5.74) is 4.09. The van der Waals surface area contributed by atoms with Gasteiger partial charge in [-0.25, -0.2) is 0 Å². The van der Waals surface area contributed by atoms with Crippen LogP contribution < -0.4 is 26.4 Å². The number of fused-ring (bicyclic) bond motifs is 2. The van der Waals surface area contributed by atoms with E-state index in [1.165, 1.54) is 48.4 Å². The minimum atomic E-state index is -2.09. The number of allylic oxidation sites excluding steroid dienone is 4. The highest BCUT2D eigenvalue weighted by atomic mass is 31.2. The maximum atomic E-state index is 2.41. The molecule has 1 heteroatoms. The molecule has 0 bridgehead atoms. The number of hydrogen-bond acceptors (Lipinski definition) is 0. The van der Waals surface area contributed by atoms with Crippen LogP contribution in [0.15, 0.2) is 139 Å². The van der Waals surface area contributed by atoms with E-state index in [2.05, 4.69) is 140 Å². The molecule has 4 aromatic carbocycles. The Bertz CT molecular complexity index is 1480. The molecule has 0 radical (unpaired) electrons. The smallest absolute Gasteiger partial charge is 0.0102 e. The third-order valence-corrected chi connectivity index (χ3v) is 11.3. The van der Waals surface area contributed by atoms with Crippen molar-refractivity contribution in [2.45, 2.75) is 6.92 Å². The van der Waals surface area contributed by atoms with E-state index >= 15 is 0 Å². The van der Waals surface area contributed by atoms with Crippen LogP contribution >= 0.6 is 6.89 Å². The molecule has 0 aromatic heterocycles. The molecule has 0 amide bonds. The molecule has 0 spiro atoms. The molecule has 0 nitrogen and oxygen atoms in total. The summed E-state index contributed by atoms with van der Waals surface area (Å²) in [6.45, 7) is 0.229. The van der Waals surface area contributed by atoms with Crippen molar-refractivity contribution >= 4 is 39.7 Å². The number of benzene rings is 4. The van der Waals surface area contributed by atoms with Gasteiger partial charge in [0, 0.05) is 0 Å². The minimum absolute atomic E-state index is 1.32. The molecular formula is C32H25P. The molecule has 2 aliphatic rings. The molecule has 0 fully saturated rings. The molecule has 158 valence electrons. The van der Waals surface area contributed by atoms with Crippen LogP contribution in [-0.4, -0.2) is 5.29 Å². The molecule has 0 N–H and O–H groups in total. The summed E-state index contributed by atoms with van der Waals surface area (Å²) in [6.07, 6.45) is 7.13. The molecule has 2 aliphatic carbocycles. The maximum Gasteiger partial charge on any atom is -0.0102 e. The lowest BCUT2D eigenvalue weighted by molar-refractivity contribution is 1.52. The van der Waals surface area contributed by atoms with Crippen molar-refractivity contribution in [1.29, 1.82) is 0 Å². The van der Waals surface area contributed by atoms with E-state index in [4.69, 9.17) is 0 Å². The van der Waals surface area contributed by atoms with E-state index in [0.717, 1.165) is 0 Å². The molecule has 0 saturated carbocycles. The summed E-state index contributed by atoms with van der Waals surface area (Å²) in [7, 11) is 0. The highest BCUT2D eigenvalue weighted by molar-refractivity contribution is 7.96. The second-order valence-electron chi connectivity index (χ2n) is 8.58. The lowest BCUT2D eigenvalue weighted by atomic mass is 9.95. The Morgan fingerprint density at radius 2 is 0.970 bits per heavy atom. The molecule has 0 heterocycles. The largest absolute Gasteiger partial charge is 0.0622 e. The standard InChI is InChI=1S/C32H25P/c1-24-31-23-25-13-11-12-20-29(25)30(31)21-22-32(24)33(26-14-5-2-6-15-26,27-16-7-3-8-17-27)28-18-9-4-10-19-28/h2-23H,1H3. The van der Waals surface area contributed by atoms with Gasteiger partial charge in [-0.2, -0.15) is 0 Å². The predicted molar refractivity (Wildman–Crippen MR) is 146 cm³/mol. The Labute approximate surface area is 195 Å². The van der Waals surface area contributed by atoms with Gasteiger partial charge in [0.25, 0.3) is 0 Å². The van der Waals surface area contributed by atoms with E-state index in [0.29, 0.717) is 0 Å². The Morgan fingerprint density at radius 3 is 1.52 bits per heavy atom. The van der Waals surface area contributed by atoms with E-state index in [-0.39, 0.29) is 0 Å². The van der Waals surface area contributed by atoms with Crippen molar-refractivity contribution in [2.75, 3.05) is 0 Å². The van der Waals surface area contributed by atoms with Crippen LogP contribution in [0.1, 0.15) is 6.92 Å². The van der Waals surface area contributed by atoms with Crippen molar-refractivity contribution in [1.82, 2.24) is 0 Å². The summed E-state index contributed by atoms with van der Waals surface area (Å²) < 4.78 is 0. The highest BCUT2D eigenvalue weighted by Gasteiger charge is 2.31. The zero-order valence-corrected chi connectivity index (χ0v) is 19.5. The molecular weight excluding hydrogens is 415 g/mol. The van der Waals surface area contributed by atoms with Crippen LogP contribution in [-0.2, 0) is 0 Å². The van der Waals surface area contributed by atoms with E-state index < -0.39 is 6.89 Å². The van der Waals surface area contributed by atoms with Crippen molar-refractivity contribution in [3.8, 4) is 0 Å². The Kier molecular flexibility index (Phi) is 4.90. The lowest BCUT2D eigenvalue weighted by Crippen LogP contribution is -2.31. The van der Waals surface area contributed by atoms with Gasteiger partial charge in [-0.3, -0.25) is 0 Å². The second-order valence-corrected chi connectivity index (χ2v) is 12.0. The van der Waals surface area contributed by atoms with Gasteiger partial charge in [-0.1, -0.05) is 127 Å². The summed E-state index contributed by atoms with van der Waals surface area (Å²) in [6, 6.07) is 42.1. The van der Waals surface area contributed by atoms with Crippen LogP contribution in [0.4, 0.5) is 0 Å². The molecule has 6 rings (SSSR count). The first-order chi connectivity index (χ1) is 16.3. The quantitative estimate of drug-likeness (QED) is 0.406. The van der Waals surface area contributed by atoms with Gasteiger partial charge in [0.2, 0.25) is 0 Å². The molecule has 0 saturated heterocycles. The van der Waals surface area contributed by atoms with E-state index in [1.807, 2.05) is 0 Å². The van der Waals surface area contributed by atoms with Crippen LogP contribution in [0.25, 0.3) is 11.6 Å². The molecule has 33 heavy (non-hydrogen) atoms. The molecule has 4 aromatic rings. The third kappa shape index (κ3) is 3.06. The van der Waals surface area contributed by atoms with Gasteiger partial charge in [-0.15, -0.1) is 0 Å². The third-order valence-electron chi connectivity index (χ3n) is 6.83. The number of hydrogen-bond donors (Lipinski definition) is 0. The van der Waals surface area contributed by atoms with Gasteiger partial charge in [0.05, 0.1) is 0 Å². The minimum Gasteiger partial charge on any atom is -0.0622 e. The van der Waals surface area contributed by atoms with Crippen molar-refractivity contribution < 1.29 is 0 Å². The van der Waals surface area contributed by atoms with Gasteiger partial charge in [0.15, 0.2) is 0 Å². The van der Waals surface area contributed by atoms with Crippen LogP contribution in [0.5, 0.6) is 0 Å². The Morgan fingerprint density at radius 1 is 0.485 bits per heavy atom.